The molecular weight excluding hydrogens is 284 g/mol. The predicted octanol–water partition coefficient (Wildman–Crippen LogP) is 1.29. The summed E-state index contributed by atoms with van der Waals surface area (Å²) in [6, 6.07) is -0.719. The third-order valence-electron chi connectivity index (χ3n) is 3.80. The third-order valence-corrected chi connectivity index (χ3v) is 3.80. The molecule has 1 aliphatic carbocycles. The zero-order valence-corrected chi connectivity index (χ0v) is 13.9. The van der Waals surface area contributed by atoms with Gasteiger partial charge in [-0.15, -0.1) is 0 Å². The van der Waals surface area contributed by atoms with Crippen molar-refractivity contribution in [1.29, 1.82) is 0 Å². The zero-order chi connectivity index (χ0) is 16.7. The Hall–Kier alpha value is -1.40. The molecule has 0 spiro atoms. The van der Waals surface area contributed by atoms with Crippen LogP contribution in [-0.4, -0.2) is 42.8 Å². The Bertz CT molecular complexity index is 418. The van der Waals surface area contributed by atoms with Crippen LogP contribution in [0.2, 0.25) is 0 Å². The number of carbonyl (C=O) groups excluding carboxylic acids is 2. The van der Waals surface area contributed by atoms with Crippen LogP contribution in [0.5, 0.6) is 0 Å². The van der Waals surface area contributed by atoms with Gasteiger partial charge in [-0.1, -0.05) is 13.8 Å². The third kappa shape index (κ3) is 5.10. The molecule has 0 heterocycles. The number of hydrogen-bond donors (Lipinski definition) is 2. The second-order valence-corrected chi connectivity index (χ2v) is 5.55. The van der Waals surface area contributed by atoms with Gasteiger partial charge in [-0.3, -0.25) is 4.79 Å². The maximum Gasteiger partial charge on any atom is 0.333 e. The molecule has 0 saturated carbocycles. The van der Waals surface area contributed by atoms with Crippen molar-refractivity contribution in [3.8, 4) is 0 Å². The van der Waals surface area contributed by atoms with Crippen molar-refractivity contribution in [2.24, 2.45) is 5.73 Å². The largest absolute Gasteiger partial charge is 0.463 e. The van der Waals surface area contributed by atoms with Crippen LogP contribution in [0.1, 0.15) is 47.0 Å². The standard InChI is InChI=1S/C16H28N2O4/c1-5-12(6-2)22-14-9-11(16(20)21-7-3)8-13(17)15(14)18-10(4)19/h9,12-15H,5-8,17H2,1-4H3,(H,18,19)/t13-,14+,15?/m0/s1. The quantitative estimate of drug-likeness (QED) is 0.691. The van der Waals surface area contributed by atoms with Crippen LogP contribution in [-0.2, 0) is 19.1 Å². The topological polar surface area (TPSA) is 90.6 Å². The molecule has 22 heavy (non-hydrogen) atoms. The summed E-state index contributed by atoms with van der Waals surface area (Å²) >= 11 is 0. The summed E-state index contributed by atoms with van der Waals surface area (Å²) in [6.45, 7) is 7.62. The van der Waals surface area contributed by atoms with Crippen LogP contribution in [0.4, 0.5) is 0 Å². The van der Waals surface area contributed by atoms with Crippen LogP contribution in [0.25, 0.3) is 0 Å². The second kappa shape index (κ2) is 8.90. The summed E-state index contributed by atoms with van der Waals surface area (Å²) in [5, 5.41) is 2.84. The molecule has 0 saturated heterocycles. The molecule has 6 heteroatoms. The number of hydrogen-bond acceptors (Lipinski definition) is 5. The number of amides is 1. The van der Waals surface area contributed by atoms with Gasteiger partial charge in [0.25, 0.3) is 0 Å². The van der Waals surface area contributed by atoms with Crippen molar-refractivity contribution in [1.82, 2.24) is 5.32 Å². The first kappa shape index (κ1) is 18.6. The molecule has 0 aromatic heterocycles. The van der Waals surface area contributed by atoms with Gasteiger partial charge in [-0.25, -0.2) is 4.79 Å². The van der Waals surface area contributed by atoms with Crippen LogP contribution >= 0.6 is 0 Å². The molecule has 1 unspecified atom stereocenters. The number of ether oxygens (including phenoxy) is 2. The Morgan fingerprint density at radius 3 is 2.50 bits per heavy atom. The number of nitrogens with two attached hydrogens (primary N) is 1. The number of rotatable bonds is 7. The summed E-state index contributed by atoms with van der Waals surface area (Å²) < 4.78 is 11.1. The average molecular weight is 312 g/mol. The molecule has 3 N–H and O–H groups in total. The number of nitrogens with one attached hydrogen (secondary N) is 1. The molecule has 1 aliphatic rings. The number of carbonyl (C=O) groups is 2. The average Bonchev–Trinajstić information content (AvgIpc) is 2.47. The normalized spacial score (nSPS) is 24.8. The molecule has 1 rings (SSSR count). The Morgan fingerprint density at radius 2 is 2.00 bits per heavy atom. The SMILES string of the molecule is CCOC(=O)C1=C[C@@H](OC(CC)CC)C(NC(C)=O)[C@@H](N)C1. The highest BCUT2D eigenvalue weighted by atomic mass is 16.5. The first-order valence-electron chi connectivity index (χ1n) is 7.98. The Kier molecular flexibility index (Phi) is 7.55. The summed E-state index contributed by atoms with van der Waals surface area (Å²) in [5.41, 5.74) is 6.68. The maximum atomic E-state index is 12.0. The van der Waals surface area contributed by atoms with E-state index in [0.717, 1.165) is 12.8 Å². The molecule has 126 valence electrons. The zero-order valence-electron chi connectivity index (χ0n) is 13.9. The lowest BCUT2D eigenvalue weighted by atomic mass is 9.88. The number of esters is 1. The molecule has 0 radical (unpaired) electrons. The van der Waals surface area contributed by atoms with Gasteiger partial charge in [0.05, 0.1) is 24.9 Å². The van der Waals surface area contributed by atoms with E-state index in [-0.39, 0.29) is 30.1 Å². The summed E-state index contributed by atoms with van der Waals surface area (Å²) in [4.78, 5) is 23.4. The molecule has 0 aliphatic heterocycles. The molecule has 6 nitrogen and oxygen atoms in total. The lowest BCUT2D eigenvalue weighted by molar-refractivity contribution is -0.139. The van der Waals surface area contributed by atoms with E-state index >= 15 is 0 Å². The highest BCUT2D eigenvalue weighted by Gasteiger charge is 2.35. The van der Waals surface area contributed by atoms with Crippen molar-refractivity contribution in [2.45, 2.75) is 71.2 Å². The molecule has 1 amide bonds. The van der Waals surface area contributed by atoms with E-state index < -0.39 is 6.10 Å². The second-order valence-electron chi connectivity index (χ2n) is 5.55. The fourth-order valence-corrected chi connectivity index (χ4v) is 2.62. The van der Waals surface area contributed by atoms with E-state index in [1.807, 2.05) is 13.8 Å². The van der Waals surface area contributed by atoms with Crippen molar-refractivity contribution < 1.29 is 19.1 Å². The Labute approximate surface area is 132 Å². The van der Waals surface area contributed by atoms with E-state index in [1.165, 1.54) is 6.92 Å². The van der Waals surface area contributed by atoms with Gasteiger partial charge in [-0.05, 0) is 32.3 Å². The summed E-state index contributed by atoms with van der Waals surface area (Å²) in [6.07, 6.45) is 3.48. The van der Waals surface area contributed by atoms with Crippen LogP contribution in [0.15, 0.2) is 11.6 Å². The smallest absolute Gasteiger partial charge is 0.333 e. The van der Waals surface area contributed by atoms with E-state index in [4.69, 9.17) is 15.2 Å². The lowest BCUT2D eigenvalue weighted by Gasteiger charge is -2.36. The molecule has 0 bridgehead atoms. The Balaban J connectivity index is 2.98. The lowest BCUT2D eigenvalue weighted by Crippen LogP contribution is -2.57. The fraction of sp³-hybridized carbons (Fsp3) is 0.750. The van der Waals surface area contributed by atoms with Crippen molar-refractivity contribution in [3.63, 3.8) is 0 Å². The molecule has 0 fully saturated rings. The fourth-order valence-electron chi connectivity index (χ4n) is 2.62. The summed E-state index contributed by atoms with van der Waals surface area (Å²) in [7, 11) is 0. The van der Waals surface area contributed by atoms with Crippen LogP contribution in [0, 0.1) is 0 Å². The Morgan fingerprint density at radius 1 is 1.36 bits per heavy atom. The maximum absolute atomic E-state index is 12.0. The van der Waals surface area contributed by atoms with Gasteiger partial charge in [0.2, 0.25) is 5.91 Å². The highest BCUT2D eigenvalue weighted by molar-refractivity contribution is 5.89. The van der Waals surface area contributed by atoms with Gasteiger partial charge in [0.15, 0.2) is 0 Å². The van der Waals surface area contributed by atoms with Gasteiger partial charge >= 0.3 is 5.97 Å². The molecule has 3 atom stereocenters. The van der Waals surface area contributed by atoms with Gasteiger partial charge < -0.3 is 20.5 Å². The molecule has 0 aromatic carbocycles. The first-order chi connectivity index (χ1) is 10.4. The van der Waals surface area contributed by atoms with Crippen molar-refractivity contribution in [2.75, 3.05) is 6.61 Å². The van der Waals surface area contributed by atoms with Gasteiger partial charge in [0, 0.05) is 18.5 Å². The minimum atomic E-state index is -0.419. The van der Waals surface area contributed by atoms with Crippen LogP contribution in [0.3, 0.4) is 0 Å². The first-order valence-corrected chi connectivity index (χ1v) is 7.98. The highest BCUT2D eigenvalue weighted by Crippen LogP contribution is 2.24. The van der Waals surface area contributed by atoms with Crippen molar-refractivity contribution >= 4 is 11.9 Å². The molecular formula is C16H28N2O4. The van der Waals surface area contributed by atoms with E-state index in [0.29, 0.717) is 18.6 Å². The van der Waals surface area contributed by atoms with Crippen LogP contribution < -0.4 is 11.1 Å². The van der Waals surface area contributed by atoms with E-state index in [9.17, 15) is 9.59 Å². The summed E-state index contributed by atoms with van der Waals surface area (Å²) in [5.74, 6) is -0.524. The van der Waals surface area contributed by atoms with Gasteiger partial charge in [-0.2, -0.15) is 0 Å². The minimum absolute atomic E-state index is 0.0613. The van der Waals surface area contributed by atoms with Crippen molar-refractivity contribution in [3.05, 3.63) is 11.6 Å². The minimum Gasteiger partial charge on any atom is -0.463 e. The predicted molar refractivity (Wildman–Crippen MR) is 84.2 cm³/mol. The van der Waals surface area contributed by atoms with E-state index in [2.05, 4.69) is 5.32 Å². The van der Waals surface area contributed by atoms with E-state index in [1.54, 1.807) is 13.0 Å². The monoisotopic (exact) mass is 312 g/mol. The molecule has 0 aromatic rings. The van der Waals surface area contributed by atoms with Gasteiger partial charge in [0.1, 0.15) is 0 Å².